The van der Waals surface area contributed by atoms with Crippen molar-refractivity contribution in [2.24, 2.45) is 0 Å². The van der Waals surface area contributed by atoms with Crippen molar-refractivity contribution in [3.63, 3.8) is 0 Å². The van der Waals surface area contributed by atoms with Gasteiger partial charge in [-0.25, -0.2) is 0 Å². The maximum absolute atomic E-state index is 5.86. The third-order valence-corrected chi connectivity index (χ3v) is 3.21. The summed E-state index contributed by atoms with van der Waals surface area (Å²) in [7, 11) is 1.99. The Morgan fingerprint density at radius 3 is 2.81 bits per heavy atom. The molecular weight excluding hydrogens is 263 g/mol. The Hall–Kier alpha value is -1.22. The molecule has 0 radical (unpaired) electrons. The summed E-state index contributed by atoms with van der Waals surface area (Å²) in [6.45, 7) is 0. The van der Waals surface area contributed by atoms with Gasteiger partial charge < -0.3 is 4.74 Å². The normalized spacial score (nSPS) is 22.8. The predicted octanol–water partition coefficient (Wildman–Crippen LogP) is 2.93. The number of fused-ring (bicyclic) bond motifs is 3. The van der Waals surface area contributed by atoms with Gasteiger partial charge in [-0.3, -0.25) is 0 Å². The molecule has 1 aliphatic rings. The molecule has 3 heteroatoms. The molecule has 1 aliphatic heterocycles. The summed E-state index contributed by atoms with van der Waals surface area (Å²) in [6, 6.07) is 12.5. The highest BCUT2D eigenvalue weighted by atomic mass is 79.9. The van der Waals surface area contributed by atoms with E-state index in [9.17, 15) is 0 Å². The minimum Gasteiger partial charge on any atom is -0.481 e. The molecule has 0 aliphatic carbocycles. The van der Waals surface area contributed by atoms with E-state index in [0.29, 0.717) is 0 Å². The van der Waals surface area contributed by atoms with E-state index in [0.717, 1.165) is 11.3 Å². The van der Waals surface area contributed by atoms with E-state index in [1.54, 1.807) is 0 Å². The summed E-state index contributed by atoms with van der Waals surface area (Å²) in [4.78, 5) is 0. The Balaban J connectivity index is 2.29. The van der Waals surface area contributed by atoms with E-state index in [1.807, 2.05) is 20.0 Å². The van der Waals surface area contributed by atoms with Crippen LogP contribution in [0.3, 0.4) is 0 Å². The molecule has 2 aromatic rings. The molecule has 0 saturated heterocycles. The van der Waals surface area contributed by atoms with Crippen LogP contribution in [0, 0.1) is 0 Å². The summed E-state index contributed by atoms with van der Waals surface area (Å²) in [6.07, 6.45) is 4.15. The maximum atomic E-state index is 5.86. The minimum atomic E-state index is -0.386. The molecule has 0 N–H and O–H groups in total. The molecule has 0 bridgehead atoms. The van der Waals surface area contributed by atoms with Crippen LogP contribution in [0.15, 0.2) is 42.5 Å². The van der Waals surface area contributed by atoms with Gasteiger partial charge in [-0.2, -0.15) is 0 Å². The first-order chi connectivity index (χ1) is 7.66. The second-order valence-corrected chi connectivity index (χ2v) is 5.69. The smallest absolute Gasteiger partial charge is 0.178 e. The van der Waals surface area contributed by atoms with Crippen molar-refractivity contribution >= 4 is 40.6 Å². The van der Waals surface area contributed by atoms with Crippen molar-refractivity contribution in [1.82, 2.24) is 0 Å². The third-order valence-electron chi connectivity index (χ3n) is 2.79. The lowest BCUT2D eigenvalue weighted by Gasteiger charge is -2.27. The molecule has 1 unspecified atom stereocenters. The Labute approximate surface area is 104 Å². The first-order valence-corrected chi connectivity index (χ1v) is 6.04. The van der Waals surface area contributed by atoms with Gasteiger partial charge in [0, 0.05) is 5.56 Å². The molecule has 1 nitrogen and oxygen atoms in total. The SMILES string of the molecule is BC1(Br)C=Cc2c(ccc3ccccc23)O1. The van der Waals surface area contributed by atoms with Crippen LogP contribution in [-0.2, 0) is 0 Å². The molecule has 16 heavy (non-hydrogen) atoms. The van der Waals surface area contributed by atoms with Crippen LogP contribution in [-0.4, -0.2) is 12.3 Å². The van der Waals surface area contributed by atoms with E-state index in [-0.39, 0.29) is 4.41 Å². The summed E-state index contributed by atoms with van der Waals surface area (Å²) in [5.41, 5.74) is 1.16. The predicted molar refractivity (Wildman–Crippen MR) is 73.8 cm³/mol. The molecule has 78 valence electrons. The van der Waals surface area contributed by atoms with E-state index in [4.69, 9.17) is 4.74 Å². The first kappa shape index (κ1) is 9.97. The van der Waals surface area contributed by atoms with Gasteiger partial charge in [0.1, 0.15) is 10.2 Å². The Morgan fingerprint density at radius 1 is 1.12 bits per heavy atom. The lowest BCUT2D eigenvalue weighted by atomic mass is 9.94. The van der Waals surface area contributed by atoms with Gasteiger partial charge in [-0.05, 0) is 38.8 Å². The van der Waals surface area contributed by atoms with Crippen LogP contribution in [0.4, 0.5) is 0 Å². The lowest BCUT2D eigenvalue weighted by molar-refractivity contribution is 0.299. The number of ether oxygens (including phenoxy) is 1. The van der Waals surface area contributed by atoms with Gasteiger partial charge in [0.25, 0.3) is 0 Å². The summed E-state index contributed by atoms with van der Waals surface area (Å²) in [5, 5.41) is 2.48. The topological polar surface area (TPSA) is 9.23 Å². The van der Waals surface area contributed by atoms with Crippen molar-refractivity contribution in [3.8, 4) is 5.75 Å². The number of hydrogen-bond donors (Lipinski definition) is 0. The fourth-order valence-corrected chi connectivity index (χ4v) is 2.32. The number of alkyl halides is 1. The standard InChI is InChI=1S/C13H10BBrO/c14-13(15)8-7-11-10-4-2-1-3-9(10)5-6-12(11)16-13/h1-8H,14H2. The van der Waals surface area contributed by atoms with Gasteiger partial charge in [0.15, 0.2) is 7.85 Å². The summed E-state index contributed by atoms with van der Waals surface area (Å²) >= 11 is 3.52. The Morgan fingerprint density at radius 2 is 1.94 bits per heavy atom. The molecule has 0 amide bonds. The number of benzene rings is 2. The number of rotatable bonds is 0. The quantitative estimate of drug-likeness (QED) is 0.529. The zero-order valence-corrected chi connectivity index (χ0v) is 10.5. The second-order valence-electron chi connectivity index (χ2n) is 4.12. The van der Waals surface area contributed by atoms with E-state index in [2.05, 4.69) is 52.3 Å². The van der Waals surface area contributed by atoms with Crippen molar-refractivity contribution in [2.45, 2.75) is 4.41 Å². The van der Waals surface area contributed by atoms with Gasteiger partial charge in [-0.1, -0.05) is 36.4 Å². The monoisotopic (exact) mass is 272 g/mol. The minimum absolute atomic E-state index is 0.386. The van der Waals surface area contributed by atoms with Gasteiger partial charge in [0.05, 0.1) is 0 Å². The zero-order valence-electron chi connectivity index (χ0n) is 8.91. The summed E-state index contributed by atoms with van der Waals surface area (Å²) in [5.74, 6) is 0.931. The average Bonchev–Trinajstić information content (AvgIpc) is 2.27. The fourth-order valence-electron chi connectivity index (χ4n) is 2.02. The molecule has 1 heterocycles. The Bertz CT molecular complexity index is 590. The first-order valence-electron chi connectivity index (χ1n) is 5.25. The molecule has 0 saturated carbocycles. The number of hydrogen-bond acceptors (Lipinski definition) is 1. The molecule has 0 aromatic heterocycles. The lowest BCUT2D eigenvalue weighted by Crippen LogP contribution is -2.28. The van der Waals surface area contributed by atoms with Crippen molar-refractivity contribution in [2.75, 3.05) is 0 Å². The van der Waals surface area contributed by atoms with Gasteiger partial charge >= 0.3 is 0 Å². The van der Waals surface area contributed by atoms with Gasteiger partial charge in [-0.15, -0.1) is 0 Å². The zero-order chi connectivity index (χ0) is 11.2. The molecular formula is C13H10BBrO. The highest BCUT2D eigenvalue weighted by Gasteiger charge is 2.24. The summed E-state index contributed by atoms with van der Waals surface area (Å²) < 4.78 is 5.47. The highest BCUT2D eigenvalue weighted by Crippen LogP contribution is 2.36. The maximum Gasteiger partial charge on any atom is 0.178 e. The van der Waals surface area contributed by atoms with E-state index in [1.165, 1.54) is 10.8 Å². The second kappa shape index (κ2) is 3.39. The molecule has 0 spiro atoms. The Kier molecular flexibility index (Phi) is 2.11. The largest absolute Gasteiger partial charge is 0.481 e. The van der Waals surface area contributed by atoms with Crippen LogP contribution in [0.2, 0.25) is 0 Å². The van der Waals surface area contributed by atoms with Crippen LogP contribution < -0.4 is 4.74 Å². The average molecular weight is 273 g/mol. The van der Waals surface area contributed by atoms with E-state index < -0.39 is 0 Å². The molecule has 3 rings (SSSR count). The fraction of sp³-hybridized carbons (Fsp3) is 0.0769. The van der Waals surface area contributed by atoms with Gasteiger partial charge in [0.2, 0.25) is 0 Å². The van der Waals surface area contributed by atoms with Crippen LogP contribution >= 0.6 is 15.9 Å². The van der Waals surface area contributed by atoms with Crippen LogP contribution in [0.1, 0.15) is 5.56 Å². The molecule has 1 atom stereocenters. The highest BCUT2D eigenvalue weighted by molar-refractivity contribution is 9.10. The van der Waals surface area contributed by atoms with Crippen LogP contribution in [0.25, 0.3) is 16.8 Å². The van der Waals surface area contributed by atoms with Crippen molar-refractivity contribution in [3.05, 3.63) is 48.0 Å². The third kappa shape index (κ3) is 1.56. The molecule has 0 fully saturated rings. The number of halogens is 1. The molecule has 2 aromatic carbocycles. The van der Waals surface area contributed by atoms with E-state index >= 15 is 0 Å². The van der Waals surface area contributed by atoms with Crippen molar-refractivity contribution < 1.29 is 4.74 Å². The van der Waals surface area contributed by atoms with Crippen LogP contribution in [0.5, 0.6) is 5.75 Å². The van der Waals surface area contributed by atoms with Crippen molar-refractivity contribution in [1.29, 1.82) is 0 Å².